The molecule has 0 saturated heterocycles. The van der Waals surface area contributed by atoms with Gasteiger partial charge in [-0.25, -0.2) is 23.0 Å². The third-order valence-electron chi connectivity index (χ3n) is 6.67. The van der Waals surface area contributed by atoms with Gasteiger partial charge in [0.15, 0.2) is 11.6 Å². The highest BCUT2D eigenvalue weighted by Gasteiger charge is 2.35. The Morgan fingerprint density at radius 2 is 1.57 bits per heavy atom. The van der Waals surface area contributed by atoms with Crippen LogP contribution in [0.4, 0.5) is 17.1 Å². The quantitative estimate of drug-likeness (QED) is 0.159. The van der Waals surface area contributed by atoms with Crippen molar-refractivity contribution in [1.82, 2.24) is 14.9 Å². The number of nitrogens with one attached hydrogen (secondary N) is 2. The number of aromatic nitrogens is 3. The summed E-state index contributed by atoms with van der Waals surface area (Å²) in [6.07, 6.45) is 0. The molecule has 0 unspecified atom stereocenters. The number of anilines is 2. The van der Waals surface area contributed by atoms with E-state index in [2.05, 4.69) is 20.2 Å². The van der Waals surface area contributed by atoms with E-state index in [-0.39, 0.29) is 39.5 Å². The maximum atomic E-state index is 13.2. The average molecular weight is 680 g/mol. The smallest absolute Gasteiger partial charge is 0.335 e. The summed E-state index contributed by atoms with van der Waals surface area (Å²) in [5.41, 5.74) is 0.113. The van der Waals surface area contributed by atoms with Crippen LogP contribution >= 0.6 is 11.6 Å². The average Bonchev–Trinajstić information content (AvgIpc) is 3.55. The standard InChI is InChI=1S/C30H26ClN7O8S/c1-14(39)32-22-13-19(12-21(31)24(22)40)33-23-25(30(2,3)4)36-38-26(34-35-27(23)38)15-6-5-7-18(9-15)37-47(45,46)20-10-16(28(41)42)8-17(11-20)29(43)44/h5-13,37,40H,1-4H3,(H,32,39)(H,41,42)(H,43,44). The van der Waals surface area contributed by atoms with E-state index in [1.54, 1.807) is 12.1 Å². The number of aromatic hydroxyl groups is 1. The molecule has 4 aromatic rings. The van der Waals surface area contributed by atoms with Crippen molar-refractivity contribution in [1.29, 1.82) is 0 Å². The molecule has 0 radical (unpaired) electrons. The first-order valence-corrected chi connectivity index (χ1v) is 15.5. The minimum absolute atomic E-state index is 0.0434. The number of amides is 1. The Kier molecular flexibility index (Phi) is 8.34. The minimum atomic E-state index is -4.43. The SMILES string of the molecule is CC(=O)Nc1cc(N=C2C(C(C)(C)C)=Nn3c2nnc3-c2cccc(NS(=O)(=O)c3cc(C(=O)O)cc(C(=O)O)c3)c2)cc(Cl)c1O. The van der Waals surface area contributed by atoms with Gasteiger partial charge >= 0.3 is 11.9 Å². The van der Waals surface area contributed by atoms with E-state index < -0.39 is 49.3 Å². The zero-order valence-electron chi connectivity index (χ0n) is 25.1. The van der Waals surface area contributed by atoms with Gasteiger partial charge in [-0.3, -0.25) is 9.52 Å². The van der Waals surface area contributed by atoms with E-state index in [1.165, 1.54) is 35.9 Å². The molecule has 47 heavy (non-hydrogen) atoms. The van der Waals surface area contributed by atoms with Crippen molar-refractivity contribution < 1.29 is 38.1 Å². The molecule has 17 heteroatoms. The molecule has 1 aromatic heterocycles. The van der Waals surface area contributed by atoms with Gasteiger partial charge in [0.2, 0.25) is 11.7 Å². The number of carboxylic acid groups (broad SMARTS) is 2. The minimum Gasteiger partial charge on any atom is -0.504 e. The van der Waals surface area contributed by atoms with Crippen LogP contribution < -0.4 is 10.0 Å². The number of carbonyl (C=O) groups excluding carboxylic acids is 1. The summed E-state index contributed by atoms with van der Waals surface area (Å²) in [5.74, 6) is -3.24. The van der Waals surface area contributed by atoms with Gasteiger partial charge < -0.3 is 20.6 Å². The second-order valence-corrected chi connectivity index (χ2v) is 13.5. The maximum absolute atomic E-state index is 13.2. The van der Waals surface area contributed by atoms with Crippen LogP contribution in [-0.4, -0.2) is 67.9 Å². The number of carbonyl (C=O) groups is 3. The number of carboxylic acids is 2. The predicted molar refractivity (Wildman–Crippen MR) is 173 cm³/mol. The molecule has 1 aliphatic rings. The first-order chi connectivity index (χ1) is 21.9. The number of hydrogen-bond acceptors (Lipinski definition) is 10. The molecule has 5 rings (SSSR count). The fourth-order valence-corrected chi connectivity index (χ4v) is 5.90. The Balaban J connectivity index is 1.54. The van der Waals surface area contributed by atoms with Gasteiger partial charge in [0.1, 0.15) is 5.71 Å². The highest BCUT2D eigenvalue weighted by atomic mass is 35.5. The molecule has 242 valence electrons. The van der Waals surface area contributed by atoms with Crippen LogP contribution in [0, 0.1) is 5.41 Å². The number of nitrogens with zero attached hydrogens (tertiary/aromatic N) is 5. The molecule has 1 amide bonds. The number of aliphatic imine (C=N–C) groups is 1. The first kappa shape index (κ1) is 32.8. The summed E-state index contributed by atoms with van der Waals surface area (Å²) in [4.78, 5) is 38.8. The van der Waals surface area contributed by atoms with Gasteiger partial charge in [0.25, 0.3) is 10.0 Å². The van der Waals surface area contributed by atoms with E-state index >= 15 is 0 Å². The van der Waals surface area contributed by atoms with Gasteiger partial charge in [0.05, 0.1) is 38.1 Å². The summed E-state index contributed by atoms with van der Waals surface area (Å²) in [7, 11) is -4.43. The van der Waals surface area contributed by atoms with Gasteiger partial charge in [-0.15, -0.1) is 10.2 Å². The molecule has 0 aliphatic carbocycles. The van der Waals surface area contributed by atoms with E-state index in [0.717, 1.165) is 18.2 Å². The number of sulfonamides is 1. The van der Waals surface area contributed by atoms with Gasteiger partial charge in [-0.05, 0) is 42.5 Å². The van der Waals surface area contributed by atoms with Crippen LogP contribution in [0.1, 0.15) is 54.2 Å². The Morgan fingerprint density at radius 3 is 2.17 bits per heavy atom. The number of hydrogen-bond donors (Lipinski definition) is 5. The lowest BCUT2D eigenvalue weighted by Gasteiger charge is -2.18. The lowest BCUT2D eigenvalue weighted by Crippen LogP contribution is -2.27. The summed E-state index contributed by atoms with van der Waals surface area (Å²) >= 11 is 6.21. The van der Waals surface area contributed by atoms with Crippen LogP contribution in [-0.2, 0) is 14.8 Å². The van der Waals surface area contributed by atoms with E-state index in [1.807, 2.05) is 20.8 Å². The molecule has 2 heterocycles. The Bertz CT molecular complexity index is 2140. The van der Waals surface area contributed by atoms with Gasteiger partial charge in [-0.1, -0.05) is 44.5 Å². The van der Waals surface area contributed by atoms with Crippen molar-refractivity contribution in [2.45, 2.75) is 32.6 Å². The Labute approximate surface area is 272 Å². The van der Waals surface area contributed by atoms with Gasteiger partial charge in [-0.2, -0.15) is 9.78 Å². The number of rotatable bonds is 8. The second kappa shape index (κ2) is 12.0. The molecule has 5 N–H and O–H groups in total. The highest BCUT2D eigenvalue weighted by Crippen LogP contribution is 2.38. The second-order valence-electron chi connectivity index (χ2n) is 11.4. The third kappa shape index (κ3) is 6.68. The molecule has 1 aliphatic heterocycles. The van der Waals surface area contributed by atoms with Gasteiger partial charge in [0, 0.05) is 23.6 Å². The molecule has 0 spiro atoms. The maximum Gasteiger partial charge on any atom is 0.335 e. The fourth-order valence-electron chi connectivity index (χ4n) is 4.56. The van der Waals surface area contributed by atoms with E-state index in [9.17, 15) is 38.1 Å². The number of aromatic carboxylic acids is 2. The molecule has 0 atom stereocenters. The lowest BCUT2D eigenvalue weighted by molar-refractivity contribution is -0.114. The van der Waals surface area contributed by atoms with Crippen molar-refractivity contribution in [2.24, 2.45) is 15.5 Å². The molecular weight excluding hydrogens is 654 g/mol. The number of phenols is 1. The Hall–Kier alpha value is -5.61. The monoisotopic (exact) mass is 679 g/mol. The van der Waals surface area contributed by atoms with Crippen LogP contribution in [0.2, 0.25) is 5.02 Å². The van der Waals surface area contributed by atoms with Crippen molar-refractivity contribution >= 4 is 68.0 Å². The Morgan fingerprint density at radius 1 is 0.936 bits per heavy atom. The predicted octanol–water partition coefficient (Wildman–Crippen LogP) is 4.84. The highest BCUT2D eigenvalue weighted by molar-refractivity contribution is 7.92. The van der Waals surface area contributed by atoms with Crippen LogP contribution in [0.5, 0.6) is 5.75 Å². The van der Waals surface area contributed by atoms with Crippen molar-refractivity contribution in [3.05, 3.63) is 76.6 Å². The number of halogens is 1. The number of fused-ring (bicyclic) bond motifs is 1. The third-order valence-corrected chi connectivity index (χ3v) is 8.32. The van der Waals surface area contributed by atoms with E-state index in [0.29, 0.717) is 17.0 Å². The van der Waals surface area contributed by atoms with E-state index in [4.69, 9.17) is 21.7 Å². The first-order valence-electron chi connectivity index (χ1n) is 13.6. The topological polar surface area (TPSA) is 226 Å². The summed E-state index contributed by atoms with van der Waals surface area (Å²) in [6.45, 7) is 7.02. The zero-order chi connectivity index (χ0) is 34.4. The van der Waals surface area contributed by atoms with Crippen molar-refractivity contribution in [3.63, 3.8) is 0 Å². The van der Waals surface area contributed by atoms with Crippen LogP contribution in [0.15, 0.2) is 69.6 Å². The molecule has 0 saturated carbocycles. The fraction of sp³-hybridized carbons (Fsp3) is 0.167. The normalized spacial score (nSPS) is 13.6. The molecule has 0 fully saturated rings. The molecule has 15 nitrogen and oxygen atoms in total. The number of benzene rings is 3. The lowest BCUT2D eigenvalue weighted by atomic mass is 9.87. The zero-order valence-corrected chi connectivity index (χ0v) is 26.7. The molecule has 3 aromatic carbocycles. The van der Waals surface area contributed by atoms with Crippen LogP contribution in [0.3, 0.4) is 0 Å². The van der Waals surface area contributed by atoms with Crippen molar-refractivity contribution in [3.8, 4) is 17.1 Å². The molecular formula is C30H26ClN7O8S. The van der Waals surface area contributed by atoms with Crippen molar-refractivity contribution in [2.75, 3.05) is 10.0 Å². The molecule has 0 bridgehead atoms. The number of phenolic OH excluding ortho intramolecular Hbond substituents is 1. The summed E-state index contributed by atoms with van der Waals surface area (Å²) < 4.78 is 30.2. The summed E-state index contributed by atoms with van der Waals surface area (Å²) in [5, 5.41) is 44.7. The summed E-state index contributed by atoms with van der Waals surface area (Å²) in [6, 6.07) is 11.5. The van der Waals surface area contributed by atoms with Crippen LogP contribution in [0.25, 0.3) is 11.4 Å². The largest absolute Gasteiger partial charge is 0.504 e.